The molecule has 51 valence electrons. The maximum Gasteiger partial charge on any atom is 0.283 e. The van der Waals surface area contributed by atoms with Gasteiger partial charge in [-0.2, -0.15) is 0 Å². The summed E-state index contributed by atoms with van der Waals surface area (Å²) in [7, 11) is 0. The summed E-state index contributed by atoms with van der Waals surface area (Å²) in [6.07, 6.45) is -0.709. The number of nitro groups is 1. The van der Waals surface area contributed by atoms with Crippen LogP contribution in [0.25, 0.3) is 0 Å². The number of hydrogen-bond acceptors (Lipinski definition) is 4. The average Bonchev–Trinajstić information content (AvgIpc) is 1.90. The lowest BCUT2D eigenvalue weighted by molar-refractivity contribution is -0.522. The van der Waals surface area contributed by atoms with Crippen LogP contribution in [0.5, 0.6) is 0 Å². The van der Waals surface area contributed by atoms with Gasteiger partial charge in [-0.3, -0.25) is 15.4 Å². The molecule has 1 fully saturated rings. The van der Waals surface area contributed by atoms with Gasteiger partial charge in [0.05, 0.1) is 0 Å². The van der Waals surface area contributed by atoms with Crippen LogP contribution < -0.4 is 10.6 Å². The topological polar surface area (TPSA) is 67.2 Å². The molecule has 9 heavy (non-hydrogen) atoms. The van der Waals surface area contributed by atoms with Gasteiger partial charge in [-0.05, 0) is 0 Å². The number of nitrogens with zero attached hydrogens (tertiary/aromatic N) is 1. The van der Waals surface area contributed by atoms with E-state index in [0.29, 0.717) is 6.54 Å². The molecule has 0 aromatic rings. The van der Waals surface area contributed by atoms with Gasteiger partial charge in [0.25, 0.3) is 6.17 Å². The molecule has 2 N–H and O–H groups in total. The van der Waals surface area contributed by atoms with Crippen LogP contribution >= 0.6 is 0 Å². The fourth-order valence-corrected chi connectivity index (χ4v) is 0.682. The lowest BCUT2D eigenvalue weighted by Gasteiger charge is -2.16. The number of hydrogen-bond donors (Lipinski definition) is 2. The van der Waals surface area contributed by atoms with Gasteiger partial charge in [-0.25, -0.2) is 0 Å². The SMILES string of the molecule is O=[N+]([O-])C1[CH]NCCN1. The lowest BCUT2D eigenvalue weighted by atomic mass is 10.4. The van der Waals surface area contributed by atoms with Crippen LogP contribution in [0.15, 0.2) is 0 Å². The highest BCUT2D eigenvalue weighted by Gasteiger charge is 2.21. The third-order valence-corrected chi connectivity index (χ3v) is 1.13. The van der Waals surface area contributed by atoms with E-state index in [1.807, 2.05) is 0 Å². The van der Waals surface area contributed by atoms with Crippen molar-refractivity contribution in [2.24, 2.45) is 0 Å². The van der Waals surface area contributed by atoms with E-state index in [-0.39, 0.29) is 4.92 Å². The molecule has 0 aliphatic carbocycles. The molecule has 1 aliphatic heterocycles. The molecule has 1 rings (SSSR count). The van der Waals surface area contributed by atoms with E-state index in [1.54, 1.807) is 0 Å². The maximum atomic E-state index is 10.0. The molecule has 1 atom stereocenters. The Kier molecular flexibility index (Phi) is 1.96. The first-order valence-corrected chi connectivity index (χ1v) is 2.74. The summed E-state index contributed by atoms with van der Waals surface area (Å²) in [4.78, 5) is 9.66. The van der Waals surface area contributed by atoms with Crippen molar-refractivity contribution >= 4 is 0 Å². The molecule has 1 unspecified atom stereocenters. The largest absolute Gasteiger partial charge is 0.304 e. The summed E-state index contributed by atoms with van der Waals surface area (Å²) >= 11 is 0. The first-order valence-electron chi connectivity index (χ1n) is 2.74. The van der Waals surface area contributed by atoms with Gasteiger partial charge < -0.3 is 5.32 Å². The second-order valence-electron chi connectivity index (χ2n) is 1.81. The first-order chi connectivity index (χ1) is 4.30. The van der Waals surface area contributed by atoms with Gasteiger partial charge in [-0.15, -0.1) is 0 Å². The Morgan fingerprint density at radius 2 is 2.44 bits per heavy atom. The Balaban J connectivity index is 2.31. The minimum atomic E-state index is -0.709. The fourth-order valence-electron chi connectivity index (χ4n) is 0.682. The molecule has 0 aromatic heterocycles. The smallest absolute Gasteiger partial charge is 0.283 e. The van der Waals surface area contributed by atoms with Crippen LogP contribution in [0.2, 0.25) is 0 Å². The van der Waals surface area contributed by atoms with Crippen molar-refractivity contribution in [1.82, 2.24) is 10.6 Å². The third-order valence-electron chi connectivity index (χ3n) is 1.13. The van der Waals surface area contributed by atoms with E-state index in [4.69, 9.17) is 0 Å². The molecular weight excluding hydrogens is 122 g/mol. The van der Waals surface area contributed by atoms with Gasteiger partial charge in [0, 0.05) is 18.0 Å². The van der Waals surface area contributed by atoms with E-state index in [2.05, 4.69) is 10.6 Å². The van der Waals surface area contributed by atoms with E-state index >= 15 is 0 Å². The van der Waals surface area contributed by atoms with Crippen LogP contribution in [0, 0.1) is 16.7 Å². The monoisotopic (exact) mass is 130 g/mol. The number of piperazine rings is 1. The molecule has 1 saturated heterocycles. The summed E-state index contributed by atoms with van der Waals surface area (Å²) < 4.78 is 0. The van der Waals surface area contributed by atoms with E-state index in [9.17, 15) is 10.1 Å². The summed E-state index contributed by atoms with van der Waals surface area (Å²) in [6, 6.07) is 0. The Labute approximate surface area is 52.6 Å². The Bertz CT molecular complexity index is 110. The molecule has 1 radical (unpaired) electrons. The summed E-state index contributed by atoms with van der Waals surface area (Å²) in [6.45, 7) is 2.87. The van der Waals surface area contributed by atoms with Gasteiger partial charge in [0.1, 0.15) is 6.54 Å². The minimum absolute atomic E-state index is 0.369. The highest BCUT2D eigenvalue weighted by molar-refractivity contribution is 4.77. The number of nitrogens with one attached hydrogen (secondary N) is 2. The first kappa shape index (κ1) is 6.44. The predicted octanol–water partition coefficient (Wildman–Crippen LogP) is -1.06. The van der Waals surface area contributed by atoms with Gasteiger partial charge in [0.2, 0.25) is 0 Å². The quantitative estimate of drug-likeness (QED) is 0.351. The highest BCUT2D eigenvalue weighted by atomic mass is 16.6. The molecule has 0 aromatic carbocycles. The molecule has 0 bridgehead atoms. The molecule has 5 nitrogen and oxygen atoms in total. The fraction of sp³-hybridized carbons (Fsp3) is 0.750. The standard InChI is InChI=1S/C4H8N3O2/c8-7(9)4-3-5-1-2-6-4/h3-6H,1-2H2. The van der Waals surface area contributed by atoms with E-state index in [1.165, 1.54) is 6.54 Å². The van der Waals surface area contributed by atoms with Crippen molar-refractivity contribution in [1.29, 1.82) is 0 Å². The molecule has 0 saturated carbocycles. The second-order valence-corrected chi connectivity index (χ2v) is 1.81. The third kappa shape index (κ3) is 1.62. The maximum absolute atomic E-state index is 10.0. The van der Waals surface area contributed by atoms with Crippen LogP contribution in [0.4, 0.5) is 0 Å². The van der Waals surface area contributed by atoms with Gasteiger partial charge in [-0.1, -0.05) is 0 Å². The van der Waals surface area contributed by atoms with Crippen molar-refractivity contribution < 1.29 is 4.92 Å². The van der Waals surface area contributed by atoms with Crippen LogP contribution in [0.3, 0.4) is 0 Å². The molecule has 1 heterocycles. The number of rotatable bonds is 1. The van der Waals surface area contributed by atoms with Crippen molar-refractivity contribution in [3.05, 3.63) is 16.7 Å². The van der Waals surface area contributed by atoms with E-state index in [0.717, 1.165) is 6.54 Å². The van der Waals surface area contributed by atoms with Crippen molar-refractivity contribution in [3.8, 4) is 0 Å². The molecule has 0 amide bonds. The molecule has 0 spiro atoms. The van der Waals surface area contributed by atoms with E-state index < -0.39 is 6.17 Å². The minimum Gasteiger partial charge on any atom is -0.304 e. The Morgan fingerprint density at radius 3 is 2.78 bits per heavy atom. The van der Waals surface area contributed by atoms with Crippen molar-refractivity contribution in [2.75, 3.05) is 13.1 Å². The van der Waals surface area contributed by atoms with Gasteiger partial charge >= 0.3 is 0 Å². The van der Waals surface area contributed by atoms with Crippen molar-refractivity contribution in [2.45, 2.75) is 6.17 Å². The summed E-state index contributed by atoms with van der Waals surface area (Å²) in [5.41, 5.74) is 0. The van der Waals surface area contributed by atoms with Gasteiger partial charge in [0.15, 0.2) is 0 Å². The molecule has 5 heteroatoms. The van der Waals surface area contributed by atoms with Crippen molar-refractivity contribution in [3.63, 3.8) is 0 Å². The zero-order chi connectivity index (χ0) is 6.69. The van der Waals surface area contributed by atoms with Crippen LogP contribution in [-0.4, -0.2) is 24.2 Å². The second kappa shape index (κ2) is 2.75. The summed E-state index contributed by atoms with van der Waals surface area (Å²) in [5, 5.41) is 15.5. The lowest BCUT2D eigenvalue weighted by Crippen LogP contribution is -2.48. The highest BCUT2D eigenvalue weighted by Crippen LogP contribution is 1.90. The normalized spacial score (nSPS) is 27.8. The summed E-state index contributed by atoms with van der Waals surface area (Å²) in [5.74, 6) is 0. The predicted molar refractivity (Wildman–Crippen MR) is 31.1 cm³/mol. The molecular formula is C4H8N3O2. The Morgan fingerprint density at radius 1 is 1.67 bits per heavy atom. The average molecular weight is 130 g/mol. The zero-order valence-electron chi connectivity index (χ0n) is 4.83. The Hall–Kier alpha value is -0.680. The van der Waals surface area contributed by atoms with Crippen LogP contribution in [-0.2, 0) is 0 Å². The zero-order valence-corrected chi connectivity index (χ0v) is 4.83. The van der Waals surface area contributed by atoms with Crippen LogP contribution in [0.1, 0.15) is 0 Å². The molecule has 1 aliphatic rings.